The number of likely N-dealkylation sites (tertiary alicyclic amines) is 1. The van der Waals surface area contributed by atoms with Crippen molar-refractivity contribution in [1.29, 1.82) is 0 Å². The number of benzene rings is 2. The Morgan fingerprint density at radius 2 is 1.90 bits per heavy atom. The number of anilines is 1. The topological polar surface area (TPSA) is 62.7 Å². The predicted octanol–water partition coefficient (Wildman–Crippen LogP) is 3.82. The Bertz CT molecular complexity index is 1060. The molecule has 0 spiro atoms. The van der Waals surface area contributed by atoms with Crippen molar-refractivity contribution < 1.29 is 14.3 Å². The Balaban J connectivity index is 1.34. The molecule has 7 heteroatoms. The highest BCUT2D eigenvalue weighted by Crippen LogP contribution is 2.35. The van der Waals surface area contributed by atoms with Gasteiger partial charge in [-0.05, 0) is 55.8 Å². The molecule has 6 nitrogen and oxygen atoms in total. The van der Waals surface area contributed by atoms with Crippen molar-refractivity contribution >= 4 is 39.1 Å². The minimum Gasteiger partial charge on any atom is -0.497 e. The van der Waals surface area contributed by atoms with E-state index >= 15 is 0 Å². The third-order valence-corrected chi connectivity index (χ3v) is 7.21. The first-order valence-electron chi connectivity index (χ1n) is 10.2. The largest absolute Gasteiger partial charge is 0.497 e. The molecule has 2 aliphatic rings. The van der Waals surface area contributed by atoms with E-state index in [1.807, 2.05) is 18.2 Å². The number of aromatic nitrogens is 1. The Morgan fingerprint density at radius 1 is 1.10 bits per heavy atom. The lowest BCUT2D eigenvalue weighted by molar-refractivity contribution is -0.123. The molecule has 2 amide bonds. The molecule has 0 bridgehead atoms. The van der Waals surface area contributed by atoms with Gasteiger partial charge < -0.3 is 4.74 Å². The fourth-order valence-electron chi connectivity index (χ4n) is 4.46. The van der Waals surface area contributed by atoms with E-state index in [0.29, 0.717) is 17.4 Å². The van der Waals surface area contributed by atoms with E-state index in [1.54, 1.807) is 42.7 Å². The SMILES string of the molecule is COc1ccc(N2C(=O)C[C@H](N3CCC[C@@H](c4nc5ccccc5s4)C3)C2=O)cc1. The molecule has 3 aromatic rings. The number of carbonyl (C=O) groups is 2. The van der Waals surface area contributed by atoms with Gasteiger partial charge in [-0.15, -0.1) is 11.3 Å². The molecule has 0 saturated carbocycles. The molecule has 154 valence electrons. The van der Waals surface area contributed by atoms with Gasteiger partial charge in [-0.25, -0.2) is 9.88 Å². The molecule has 0 unspecified atom stereocenters. The van der Waals surface area contributed by atoms with Gasteiger partial charge in [0.05, 0.1) is 40.5 Å². The van der Waals surface area contributed by atoms with Crippen LogP contribution < -0.4 is 9.64 Å². The van der Waals surface area contributed by atoms with Crippen LogP contribution >= 0.6 is 11.3 Å². The number of amides is 2. The van der Waals surface area contributed by atoms with Crippen molar-refractivity contribution in [3.8, 4) is 5.75 Å². The van der Waals surface area contributed by atoms with Crippen LogP contribution in [0.15, 0.2) is 48.5 Å². The smallest absolute Gasteiger partial charge is 0.251 e. The van der Waals surface area contributed by atoms with E-state index in [2.05, 4.69) is 11.0 Å². The second-order valence-electron chi connectivity index (χ2n) is 7.84. The Kier molecular flexibility index (Phi) is 5.00. The van der Waals surface area contributed by atoms with E-state index < -0.39 is 6.04 Å². The lowest BCUT2D eigenvalue weighted by atomic mass is 9.97. The monoisotopic (exact) mass is 421 g/mol. The Hall–Kier alpha value is -2.77. The summed E-state index contributed by atoms with van der Waals surface area (Å²) < 4.78 is 6.37. The molecule has 2 atom stereocenters. The number of fused-ring (bicyclic) bond motifs is 1. The third-order valence-electron chi connectivity index (χ3n) is 6.01. The van der Waals surface area contributed by atoms with Crippen molar-refractivity contribution in [2.24, 2.45) is 0 Å². The number of hydrogen-bond acceptors (Lipinski definition) is 6. The Labute approximate surface area is 179 Å². The normalized spacial score (nSPS) is 22.8. The van der Waals surface area contributed by atoms with Crippen LogP contribution in [0.2, 0.25) is 0 Å². The van der Waals surface area contributed by atoms with Crippen LogP contribution in [0, 0.1) is 0 Å². The average Bonchev–Trinajstić information content (AvgIpc) is 3.34. The van der Waals surface area contributed by atoms with Gasteiger partial charge in [-0.1, -0.05) is 12.1 Å². The molecule has 2 saturated heterocycles. The lowest BCUT2D eigenvalue weighted by Crippen LogP contribution is -2.46. The van der Waals surface area contributed by atoms with Gasteiger partial charge in [0.15, 0.2) is 0 Å². The summed E-state index contributed by atoms with van der Waals surface area (Å²) in [6.45, 7) is 1.60. The van der Waals surface area contributed by atoms with Crippen molar-refractivity contribution in [2.75, 3.05) is 25.1 Å². The van der Waals surface area contributed by atoms with Gasteiger partial charge in [-0.3, -0.25) is 14.5 Å². The fourth-order valence-corrected chi connectivity index (χ4v) is 5.55. The number of nitrogens with zero attached hydrogens (tertiary/aromatic N) is 3. The minimum absolute atomic E-state index is 0.130. The maximum absolute atomic E-state index is 13.2. The van der Waals surface area contributed by atoms with Gasteiger partial charge in [0.1, 0.15) is 5.75 Å². The molecule has 0 N–H and O–H groups in total. The standard InChI is InChI=1S/C23H23N3O3S/c1-29-17-10-8-16(9-11-17)26-21(27)13-19(23(26)28)25-12-4-5-15(14-25)22-24-18-6-2-3-7-20(18)30-22/h2-3,6-11,15,19H,4-5,12-14H2,1H3/t15-,19+/m1/s1. The van der Waals surface area contributed by atoms with Gasteiger partial charge >= 0.3 is 0 Å². The zero-order valence-corrected chi connectivity index (χ0v) is 17.6. The minimum atomic E-state index is -0.392. The number of piperidine rings is 1. The van der Waals surface area contributed by atoms with Gasteiger partial charge in [0.2, 0.25) is 5.91 Å². The highest BCUT2D eigenvalue weighted by atomic mass is 32.1. The second-order valence-corrected chi connectivity index (χ2v) is 8.90. The van der Waals surface area contributed by atoms with Crippen LogP contribution in [0.3, 0.4) is 0 Å². The van der Waals surface area contributed by atoms with Gasteiger partial charge in [0.25, 0.3) is 5.91 Å². The highest BCUT2D eigenvalue weighted by Gasteiger charge is 2.44. The van der Waals surface area contributed by atoms with Crippen molar-refractivity contribution in [3.63, 3.8) is 0 Å². The molecule has 30 heavy (non-hydrogen) atoms. The molecule has 0 radical (unpaired) electrons. The summed E-state index contributed by atoms with van der Waals surface area (Å²) in [5, 5.41) is 1.13. The zero-order valence-electron chi connectivity index (χ0n) is 16.8. The van der Waals surface area contributed by atoms with E-state index in [0.717, 1.165) is 36.5 Å². The quantitative estimate of drug-likeness (QED) is 0.600. The molecule has 5 rings (SSSR count). The van der Waals surface area contributed by atoms with Crippen molar-refractivity contribution in [2.45, 2.75) is 31.2 Å². The van der Waals surface area contributed by atoms with Crippen LogP contribution in [0.25, 0.3) is 10.2 Å². The first kappa shape index (κ1) is 19.2. The molecule has 2 aromatic carbocycles. The first-order chi connectivity index (χ1) is 14.6. The number of thiazole rings is 1. The van der Waals surface area contributed by atoms with Crippen LogP contribution in [-0.2, 0) is 9.59 Å². The second kappa shape index (κ2) is 7.81. The summed E-state index contributed by atoms with van der Waals surface area (Å²) in [7, 11) is 1.59. The van der Waals surface area contributed by atoms with Crippen LogP contribution in [-0.4, -0.2) is 47.9 Å². The number of imide groups is 1. The fraction of sp³-hybridized carbons (Fsp3) is 0.348. The number of carbonyl (C=O) groups excluding carboxylic acids is 2. The summed E-state index contributed by atoms with van der Waals surface area (Å²) in [6.07, 6.45) is 2.30. The third kappa shape index (κ3) is 3.38. The zero-order chi connectivity index (χ0) is 20.7. The summed E-state index contributed by atoms with van der Waals surface area (Å²) in [5.74, 6) is 0.727. The highest BCUT2D eigenvalue weighted by molar-refractivity contribution is 7.18. The summed E-state index contributed by atoms with van der Waals surface area (Å²) in [5.41, 5.74) is 1.64. The number of rotatable bonds is 4. The average molecular weight is 422 g/mol. The van der Waals surface area contributed by atoms with Crippen LogP contribution in [0.1, 0.15) is 30.2 Å². The number of ether oxygens (including phenoxy) is 1. The number of hydrogen-bond donors (Lipinski definition) is 0. The Morgan fingerprint density at radius 3 is 2.67 bits per heavy atom. The van der Waals surface area contributed by atoms with Crippen molar-refractivity contribution in [3.05, 3.63) is 53.5 Å². The molecular weight excluding hydrogens is 398 g/mol. The molecule has 1 aromatic heterocycles. The summed E-state index contributed by atoms with van der Waals surface area (Å²) in [4.78, 5) is 34.2. The number of methoxy groups -OCH3 is 1. The van der Waals surface area contributed by atoms with Crippen molar-refractivity contribution in [1.82, 2.24) is 9.88 Å². The maximum atomic E-state index is 13.2. The van der Waals surface area contributed by atoms with E-state index in [9.17, 15) is 9.59 Å². The van der Waals surface area contributed by atoms with Crippen LogP contribution in [0.4, 0.5) is 5.69 Å². The van der Waals surface area contributed by atoms with Crippen LogP contribution in [0.5, 0.6) is 5.75 Å². The van der Waals surface area contributed by atoms with Gasteiger partial charge in [0, 0.05) is 12.5 Å². The maximum Gasteiger partial charge on any atom is 0.251 e. The molecule has 2 aliphatic heterocycles. The lowest BCUT2D eigenvalue weighted by Gasteiger charge is -2.34. The molecular formula is C23H23N3O3S. The number of para-hydroxylation sites is 1. The van der Waals surface area contributed by atoms with E-state index in [-0.39, 0.29) is 18.2 Å². The first-order valence-corrected chi connectivity index (χ1v) is 11.1. The molecule has 2 fully saturated rings. The van der Waals surface area contributed by atoms with Gasteiger partial charge in [-0.2, -0.15) is 0 Å². The predicted molar refractivity (Wildman–Crippen MR) is 117 cm³/mol. The summed E-state index contributed by atoms with van der Waals surface area (Å²) >= 11 is 1.74. The summed E-state index contributed by atoms with van der Waals surface area (Å²) in [6, 6.07) is 14.9. The van der Waals surface area contributed by atoms with E-state index in [1.165, 1.54) is 9.60 Å². The molecule has 3 heterocycles. The van der Waals surface area contributed by atoms with E-state index in [4.69, 9.17) is 9.72 Å². The molecule has 0 aliphatic carbocycles.